The quantitative estimate of drug-likeness (QED) is 0.770. The van der Waals surface area contributed by atoms with Crippen LogP contribution in [0.4, 0.5) is 5.69 Å². The lowest BCUT2D eigenvalue weighted by atomic mass is 10.1. The lowest BCUT2D eigenvalue weighted by Gasteiger charge is -2.23. The first-order valence-corrected chi connectivity index (χ1v) is 6.54. The van der Waals surface area contributed by atoms with Gasteiger partial charge in [-0.3, -0.25) is 4.79 Å². The first-order valence-electron chi connectivity index (χ1n) is 6.54. The molecule has 0 saturated carbocycles. The lowest BCUT2D eigenvalue weighted by molar-refractivity contribution is -0.137. The van der Waals surface area contributed by atoms with Crippen LogP contribution in [0.5, 0.6) is 5.75 Å². The molecule has 0 heterocycles. The number of aryl methyl sites for hydroxylation is 2. The molecular weight excluding hydrogens is 242 g/mol. The van der Waals surface area contributed by atoms with Crippen LogP contribution in [0.2, 0.25) is 0 Å². The van der Waals surface area contributed by atoms with E-state index in [1.807, 2.05) is 13.1 Å². The minimum Gasteiger partial charge on any atom is -0.495 e. The summed E-state index contributed by atoms with van der Waals surface area (Å²) in [7, 11) is 3.68. The number of rotatable bonds is 7. The van der Waals surface area contributed by atoms with E-state index in [-0.39, 0.29) is 6.42 Å². The van der Waals surface area contributed by atoms with Gasteiger partial charge in [0.15, 0.2) is 0 Å². The largest absolute Gasteiger partial charge is 0.495 e. The second kappa shape index (κ2) is 7.02. The molecule has 1 N–H and O–H groups in total. The summed E-state index contributed by atoms with van der Waals surface area (Å²) < 4.78 is 5.41. The fraction of sp³-hybridized carbons (Fsp3) is 0.533. The van der Waals surface area contributed by atoms with Gasteiger partial charge in [-0.05, 0) is 49.9 Å². The molecule has 106 valence electrons. The number of carboxylic acid groups (broad SMARTS) is 1. The number of hydrogen-bond acceptors (Lipinski definition) is 3. The molecule has 0 aliphatic carbocycles. The van der Waals surface area contributed by atoms with Crippen molar-refractivity contribution in [2.45, 2.75) is 33.1 Å². The molecule has 1 aromatic carbocycles. The summed E-state index contributed by atoms with van der Waals surface area (Å²) in [6, 6.07) is 4.16. The molecule has 4 heteroatoms. The first kappa shape index (κ1) is 15.3. The highest BCUT2D eigenvalue weighted by Crippen LogP contribution is 2.30. The molecule has 0 amide bonds. The van der Waals surface area contributed by atoms with Crippen LogP contribution in [-0.4, -0.2) is 31.8 Å². The predicted molar refractivity (Wildman–Crippen MR) is 77.2 cm³/mol. The molecule has 0 atom stereocenters. The van der Waals surface area contributed by atoms with Crippen molar-refractivity contribution in [3.8, 4) is 5.75 Å². The molecule has 0 fully saturated rings. The Kier molecular flexibility index (Phi) is 5.67. The van der Waals surface area contributed by atoms with Gasteiger partial charge in [-0.15, -0.1) is 0 Å². The zero-order chi connectivity index (χ0) is 14.4. The number of methoxy groups -OCH3 is 1. The molecule has 4 nitrogen and oxygen atoms in total. The van der Waals surface area contributed by atoms with Crippen molar-refractivity contribution >= 4 is 11.7 Å². The molecule has 0 spiro atoms. The highest BCUT2D eigenvalue weighted by Gasteiger charge is 2.10. The minimum atomic E-state index is -0.730. The molecule has 0 unspecified atom stereocenters. The number of carbonyl (C=O) groups is 1. The summed E-state index contributed by atoms with van der Waals surface area (Å²) in [5.74, 6) is 0.134. The second-order valence-corrected chi connectivity index (χ2v) is 4.88. The maximum absolute atomic E-state index is 10.5. The van der Waals surface area contributed by atoms with E-state index in [2.05, 4.69) is 24.8 Å². The van der Waals surface area contributed by atoms with Gasteiger partial charge in [0.2, 0.25) is 0 Å². The average molecular weight is 265 g/mol. The third kappa shape index (κ3) is 4.47. The number of ether oxygens (including phenoxy) is 1. The van der Waals surface area contributed by atoms with E-state index < -0.39 is 5.97 Å². The van der Waals surface area contributed by atoms with Crippen molar-refractivity contribution in [2.24, 2.45) is 0 Å². The Bertz CT molecular complexity index is 443. The summed E-state index contributed by atoms with van der Waals surface area (Å²) >= 11 is 0. The van der Waals surface area contributed by atoms with Crippen molar-refractivity contribution in [1.29, 1.82) is 0 Å². The Morgan fingerprint density at radius 2 is 1.89 bits per heavy atom. The topological polar surface area (TPSA) is 49.8 Å². The van der Waals surface area contributed by atoms with Crippen LogP contribution in [0.1, 0.15) is 30.4 Å². The van der Waals surface area contributed by atoms with Crippen LogP contribution in [0, 0.1) is 13.8 Å². The molecule has 0 radical (unpaired) electrons. The Labute approximate surface area is 115 Å². The van der Waals surface area contributed by atoms with Crippen molar-refractivity contribution in [3.63, 3.8) is 0 Å². The summed E-state index contributed by atoms with van der Waals surface area (Å²) in [5, 5.41) is 8.61. The van der Waals surface area contributed by atoms with E-state index in [1.54, 1.807) is 7.11 Å². The number of carboxylic acids is 1. The van der Waals surface area contributed by atoms with E-state index in [0.29, 0.717) is 6.42 Å². The average Bonchev–Trinajstić information content (AvgIpc) is 2.36. The summed E-state index contributed by atoms with van der Waals surface area (Å²) in [5.41, 5.74) is 3.49. The second-order valence-electron chi connectivity index (χ2n) is 4.88. The zero-order valence-electron chi connectivity index (χ0n) is 12.2. The fourth-order valence-corrected chi connectivity index (χ4v) is 1.98. The molecule has 19 heavy (non-hydrogen) atoms. The smallest absolute Gasteiger partial charge is 0.303 e. The van der Waals surface area contributed by atoms with Gasteiger partial charge in [0.25, 0.3) is 0 Å². The number of aliphatic carboxylic acids is 1. The van der Waals surface area contributed by atoms with Crippen LogP contribution in [-0.2, 0) is 4.79 Å². The molecule has 0 aliphatic rings. The lowest BCUT2D eigenvalue weighted by Crippen LogP contribution is -2.19. The highest BCUT2D eigenvalue weighted by molar-refractivity contribution is 5.66. The SMILES string of the molecule is COc1cc(C)c(C)cc1N(C)CCCCC(=O)O. The van der Waals surface area contributed by atoms with Crippen molar-refractivity contribution < 1.29 is 14.6 Å². The molecule has 0 bridgehead atoms. The number of anilines is 1. The van der Waals surface area contributed by atoms with Gasteiger partial charge >= 0.3 is 5.97 Å². The number of unbranched alkanes of at least 4 members (excludes halogenated alkanes) is 1. The molecule has 1 rings (SSSR count). The predicted octanol–water partition coefficient (Wildman–Crippen LogP) is 3.00. The molecular formula is C15H23NO3. The first-order chi connectivity index (χ1) is 8.95. The van der Waals surface area contributed by atoms with Gasteiger partial charge < -0.3 is 14.7 Å². The van der Waals surface area contributed by atoms with Crippen molar-refractivity contribution in [3.05, 3.63) is 23.3 Å². The third-order valence-electron chi connectivity index (χ3n) is 3.34. The Hall–Kier alpha value is -1.71. The van der Waals surface area contributed by atoms with E-state index in [0.717, 1.165) is 24.4 Å². The normalized spacial score (nSPS) is 10.3. The van der Waals surface area contributed by atoms with Crippen molar-refractivity contribution in [1.82, 2.24) is 0 Å². The van der Waals surface area contributed by atoms with Gasteiger partial charge in [0, 0.05) is 20.0 Å². The summed E-state index contributed by atoms with van der Waals surface area (Å²) in [6.07, 6.45) is 1.80. The Balaban J connectivity index is 2.67. The molecule has 0 saturated heterocycles. The van der Waals surface area contributed by atoms with Gasteiger partial charge in [0.1, 0.15) is 5.75 Å². The summed E-state index contributed by atoms with van der Waals surface area (Å²) in [4.78, 5) is 12.6. The van der Waals surface area contributed by atoms with Crippen LogP contribution in [0.15, 0.2) is 12.1 Å². The fourth-order valence-electron chi connectivity index (χ4n) is 1.98. The zero-order valence-corrected chi connectivity index (χ0v) is 12.2. The third-order valence-corrected chi connectivity index (χ3v) is 3.34. The van der Waals surface area contributed by atoms with Crippen molar-refractivity contribution in [2.75, 3.05) is 25.6 Å². The van der Waals surface area contributed by atoms with Gasteiger partial charge in [-0.1, -0.05) is 0 Å². The maximum atomic E-state index is 10.5. The van der Waals surface area contributed by atoms with E-state index in [9.17, 15) is 4.79 Å². The van der Waals surface area contributed by atoms with Crippen LogP contribution < -0.4 is 9.64 Å². The summed E-state index contributed by atoms with van der Waals surface area (Å²) in [6.45, 7) is 4.97. The van der Waals surface area contributed by atoms with Gasteiger partial charge in [-0.25, -0.2) is 0 Å². The van der Waals surface area contributed by atoms with Gasteiger partial charge in [0.05, 0.1) is 12.8 Å². The van der Waals surface area contributed by atoms with Crippen LogP contribution >= 0.6 is 0 Å². The maximum Gasteiger partial charge on any atom is 0.303 e. The molecule has 0 aliphatic heterocycles. The monoisotopic (exact) mass is 265 g/mol. The Morgan fingerprint density at radius 3 is 2.47 bits per heavy atom. The number of hydrogen-bond donors (Lipinski definition) is 1. The van der Waals surface area contributed by atoms with Gasteiger partial charge in [-0.2, -0.15) is 0 Å². The molecule has 0 aromatic heterocycles. The Morgan fingerprint density at radius 1 is 1.26 bits per heavy atom. The minimum absolute atomic E-state index is 0.234. The van der Waals surface area contributed by atoms with E-state index >= 15 is 0 Å². The van der Waals surface area contributed by atoms with Crippen LogP contribution in [0.3, 0.4) is 0 Å². The number of benzene rings is 1. The highest BCUT2D eigenvalue weighted by atomic mass is 16.5. The van der Waals surface area contributed by atoms with Crippen LogP contribution in [0.25, 0.3) is 0 Å². The van der Waals surface area contributed by atoms with E-state index in [1.165, 1.54) is 11.1 Å². The molecule has 1 aromatic rings. The van der Waals surface area contributed by atoms with E-state index in [4.69, 9.17) is 9.84 Å². The standard InChI is InChI=1S/C15H23NO3/c1-11-9-13(14(19-4)10-12(11)2)16(3)8-6-5-7-15(17)18/h9-10H,5-8H2,1-4H3,(H,17,18). The number of nitrogens with zero attached hydrogens (tertiary/aromatic N) is 1.